The molecule has 4 heteroatoms. The van der Waals surface area contributed by atoms with E-state index in [1.807, 2.05) is 0 Å². The summed E-state index contributed by atoms with van der Waals surface area (Å²) in [6.45, 7) is 0. The minimum Gasteiger partial charge on any atom is -2.00 e. The van der Waals surface area contributed by atoms with E-state index >= 15 is 0 Å². The monoisotopic (exact) mass is 171 g/mol. The summed E-state index contributed by atoms with van der Waals surface area (Å²) in [5.41, 5.74) is 0. The Morgan fingerprint density at radius 1 is 1.00 bits per heavy atom. The first-order valence-electron chi connectivity index (χ1n) is 0. The van der Waals surface area contributed by atoms with Gasteiger partial charge in [0.1, 0.15) is 0 Å². The van der Waals surface area contributed by atoms with Crippen LogP contribution in [0.25, 0.3) is 0 Å². The molecule has 0 unspecified atom stereocenters. The van der Waals surface area contributed by atoms with E-state index in [1.54, 1.807) is 0 Å². The van der Waals surface area contributed by atoms with Gasteiger partial charge in [-0.25, -0.2) is 0 Å². The molecule has 0 atom stereocenters. The zero-order chi connectivity index (χ0) is 0. The molecule has 0 amide bonds. The fourth-order valence-corrected chi connectivity index (χ4v) is 0. The fourth-order valence-electron chi connectivity index (χ4n) is 0. The molecule has 0 aliphatic carbocycles. The van der Waals surface area contributed by atoms with E-state index in [-0.39, 0.29) is 77.6 Å². The van der Waals surface area contributed by atoms with Crippen LogP contribution in [0.2, 0.25) is 0 Å². The topological polar surface area (TPSA) is 28.5 Å². The van der Waals surface area contributed by atoms with Crippen LogP contribution in [0.1, 0.15) is 0 Å². The van der Waals surface area contributed by atoms with Crippen molar-refractivity contribution in [3.63, 3.8) is 0 Å². The SMILES string of the molecule is [Ca+2].[Cr+3].[Cu+2].[O-2]. The summed E-state index contributed by atoms with van der Waals surface area (Å²) in [4.78, 5) is 0. The van der Waals surface area contributed by atoms with Gasteiger partial charge in [0.15, 0.2) is 0 Å². The Morgan fingerprint density at radius 3 is 1.00 bits per heavy atom. The van der Waals surface area contributed by atoms with Crippen molar-refractivity contribution in [3.05, 3.63) is 0 Å². The molecule has 1 nitrogen and oxygen atoms in total. The van der Waals surface area contributed by atoms with Crippen LogP contribution in [0, 0.1) is 0 Å². The summed E-state index contributed by atoms with van der Waals surface area (Å²) in [6.07, 6.45) is 0. The van der Waals surface area contributed by atoms with Gasteiger partial charge in [0.25, 0.3) is 0 Å². The molecule has 0 aromatic rings. The molecular formula is CaCrCuO+5. The van der Waals surface area contributed by atoms with Crippen molar-refractivity contribution in [2.24, 2.45) is 0 Å². The quantitative estimate of drug-likeness (QED) is 0.440. The number of hydrogen-bond donors (Lipinski definition) is 0. The first-order valence-corrected chi connectivity index (χ1v) is 0. The molecule has 0 heterocycles. The van der Waals surface area contributed by atoms with Crippen molar-refractivity contribution in [2.45, 2.75) is 0 Å². The van der Waals surface area contributed by atoms with Crippen LogP contribution in [0.5, 0.6) is 0 Å². The predicted molar refractivity (Wildman–Crippen MR) is 6.44 cm³/mol. The minimum absolute atomic E-state index is 0. The van der Waals surface area contributed by atoms with Crippen LogP contribution in [0.3, 0.4) is 0 Å². The average molecular weight is 172 g/mol. The Morgan fingerprint density at radius 2 is 1.00 bits per heavy atom. The van der Waals surface area contributed by atoms with Gasteiger partial charge in [-0.15, -0.1) is 0 Å². The van der Waals surface area contributed by atoms with Crippen LogP contribution in [-0.2, 0) is 39.9 Å². The molecule has 0 aliphatic heterocycles. The number of rotatable bonds is 0. The van der Waals surface area contributed by atoms with Gasteiger partial charge in [-0.1, -0.05) is 0 Å². The second kappa shape index (κ2) is 18.6. The second-order valence-corrected chi connectivity index (χ2v) is 0. The summed E-state index contributed by atoms with van der Waals surface area (Å²) in [7, 11) is 0. The van der Waals surface area contributed by atoms with Gasteiger partial charge < -0.3 is 5.48 Å². The largest absolute Gasteiger partial charge is 3.00 e. The van der Waals surface area contributed by atoms with Gasteiger partial charge in [-0.05, 0) is 0 Å². The molecule has 0 spiro atoms. The van der Waals surface area contributed by atoms with Gasteiger partial charge >= 0.3 is 72.2 Å². The van der Waals surface area contributed by atoms with Gasteiger partial charge in [0, 0.05) is 0 Å². The van der Waals surface area contributed by atoms with Crippen LogP contribution in [0.4, 0.5) is 0 Å². The Kier molecular flexibility index (Phi) is 157. The summed E-state index contributed by atoms with van der Waals surface area (Å²) < 4.78 is 0. The second-order valence-electron chi connectivity index (χ2n) is 0. The maximum atomic E-state index is 0. The normalized spacial score (nSPS) is 0. The first kappa shape index (κ1) is 33.8. The molecule has 4 heavy (non-hydrogen) atoms. The van der Waals surface area contributed by atoms with Crippen molar-refractivity contribution in [2.75, 3.05) is 0 Å². The molecule has 20 valence electrons. The third-order valence-corrected chi connectivity index (χ3v) is 0. The minimum atomic E-state index is 0. The Bertz CT molecular complexity index is 8.00. The predicted octanol–water partition coefficient (Wildman–Crippen LogP) is -0.505. The van der Waals surface area contributed by atoms with Crippen LogP contribution in [-0.4, -0.2) is 37.7 Å². The van der Waals surface area contributed by atoms with Crippen molar-refractivity contribution in [1.29, 1.82) is 0 Å². The molecule has 0 aliphatic rings. The van der Waals surface area contributed by atoms with E-state index in [1.165, 1.54) is 0 Å². The molecule has 0 aromatic carbocycles. The molecule has 0 N–H and O–H groups in total. The van der Waals surface area contributed by atoms with E-state index in [2.05, 4.69) is 0 Å². The van der Waals surface area contributed by atoms with Gasteiger partial charge in [0.2, 0.25) is 0 Å². The van der Waals surface area contributed by atoms with Gasteiger partial charge in [0.05, 0.1) is 0 Å². The molecule has 0 fully saturated rings. The first-order chi connectivity index (χ1) is 0. The Balaban J connectivity index is 0. The zero-order valence-corrected chi connectivity index (χ0v) is 6.25. The molecule has 0 aromatic heterocycles. The Hall–Kier alpha value is 2.27. The third-order valence-electron chi connectivity index (χ3n) is 0. The van der Waals surface area contributed by atoms with Crippen molar-refractivity contribution >= 4 is 37.7 Å². The smallest absolute Gasteiger partial charge is 2.00 e. The van der Waals surface area contributed by atoms with E-state index in [9.17, 15) is 0 Å². The third kappa shape index (κ3) is 8.86. The standard InChI is InChI=1S/Ca.Cr.Cu.O/q+2;+3;+2;-2. The van der Waals surface area contributed by atoms with Gasteiger partial charge in [-0.2, -0.15) is 0 Å². The summed E-state index contributed by atoms with van der Waals surface area (Å²) in [6, 6.07) is 0. The van der Waals surface area contributed by atoms with E-state index < -0.39 is 0 Å². The van der Waals surface area contributed by atoms with E-state index in [4.69, 9.17) is 0 Å². The zero-order valence-electron chi connectivity index (χ0n) is 1.83. The van der Waals surface area contributed by atoms with Gasteiger partial charge in [-0.3, -0.25) is 0 Å². The molecule has 0 saturated carbocycles. The molecule has 0 bridgehead atoms. The summed E-state index contributed by atoms with van der Waals surface area (Å²) in [5.74, 6) is 0. The van der Waals surface area contributed by atoms with Crippen molar-refractivity contribution < 1.29 is 39.9 Å². The fraction of sp³-hybridized carbons (Fsp3) is 0. The summed E-state index contributed by atoms with van der Waals surface area (Å²) in [5, 5.41) is 0. The van der Waals surface area contributed by atoms with Crippen LogP contribution < -0.4 is 0 Å². The van der Waals surface area contributed by atoms with Crippen LogP contribution in [0.15, 0.2) is 0 Å². The van der Waals surface area contributed by atoms with Crippen molar-refractivity contribution in [3.8, 4) is 0 Å². The molecule has 2 radical (unpaired) electrons. The van der Waals surface area contributed by atoms with Crippen LogP contribution >= 0.6 is 0 Å². The van der Waals surface area contributed by atoms with E-state index in [0.717, 1.165) is 0 Å². The number of hydrogen-bond acceptors (Lipinski definition) is 0. The molecular weight excluding hydrogens is 172 g/mol. The summed E-state index contributed by atoms with van der Waals surface area (Å²) >= 11 is 0. The Labute approximate surface area is 76.4 Å². The maximum absolute atomic E-state index is 0. The molecule has 0 rings (SSSR count). The molecule has 0 saturated heterocycles. The van der Waals surface area contributed by atoms with Crippen molar-refractivity contribution in [1.82, 2.24) is 0 Å². The van der Waals surface area contributed by atoms with E-state index in [0.29, 0.717) is 0 Å². The maximum Gasteiger partial charge on any atom is 3.00 e. The average Bonchev–Trinajstić information content (AvgIpc) is 0.